The van der Waals surface area contributed by atoms with Crippen LogP contribution in [0, 0.1) is 5.82 Å². The minimum absolute atomic E-state index is 0.217. The zero-order chi connectivity index (χ0) is 10.8. The van der Waals surface area contributed by atoms with Gasteiger partial charge in [-0.1, -0.05) is 0 Å². The molecule has 0 radical (unpaired) electrons. The summed E-state index contributed by atoms with van der Waals surface area (Å²) < 4.78 is 36.4. The highest BCUT2D eigenvalue weighted by atomic mass is 32.2. The first-order chi connectivity index (χ1) is 6.99. The summed E-state index contributed by atoms with van der Waals surface area (Å²) in [6.07, 6.45) is 1.18. The summed E-state index contributed by atoms with van der Waals surface area (Å²) in [4.78, 5) is 0.217. The van der Waals surface area contributed by atoms with Crippen LogP contribution in [0.3, 0.4) is 0 Å². The normalized spacial score (nSPS) is 29.1. The zero-order valence-electron chi connectivity index (χ0n) is 7.90. The molecule has 3 nitrogen and oxygen atoms in total. The average Bonchev–Trinajstić information content (AvgIpc) is 2.94. The molecule has 1 atom stereocenters. The maximum absolute atomic E-state index is 13.0. The van der Waals surface area contributed by atoms with Crippen LogP contribution in [0.15, 0.2) is 23.1 Å². The maximum atomic E-state index is 13.0. The van der Waals surface area contributed by atoms with Gasteiger partial charge in [0.05, 0.1) is 15.7 Å². The van der Waals surface area contributed by atoms with Gasteiger partial charge in [-0.25, -0.2) is 12.8 Å². The number of rotatable bonds is 0. The fourth-order valence-electron chi connectivity index (χ4n) is 2.38. The van der Waals surface area contributed by atoms with E-state index in [0.717, 1.165) is 0 Å². The lowest BCUT2D eigenvalue weighted by atomic mass is 10.0. The molecule has 15 heavy (non-hydrogen) atoms. The van der Waals surface area contributed by atoms with E-state index in [1.54, 1.807) is 0 Å². The third-order valence-corrected chi connectivity index (χ3v) is 6.12. The zero-order valence-corrected chi connectivity index (χ0v) is 8.72. The smallest absolute Gasteiger partial charge is 0.186 e. The van der Waals surface area contributed by atoms with Crippen LogP contribution >= 0.6 is 0 Å². The molecule has 80 valence electrons. The van der Waals surface area contributed by atoms with E-state index >= 15 is 0 Å². The Hall–Kier alpha value is -0.940. The Bertz CT molecular complexity index is 549. The Morgan fingerprint density at radius 2 is 2.07 bits per heavy atom. The lowest BCUT2D eigenvalue weighted by Gasteiger charge is -2.11. The molecule has 1 aliphatic heterocycles. The molecule has 1 saturated carbocycles. The minimum Gasteiger partial charge on any atom is -0.323 e. The van der Waals surface area contributed by atoms with Gasteiger partial charge in [0, 0.05) is 0 Å². The number of benzene rings is 1. The molecule has 0 saturated heterocycles. The van der Waals surface area contributed by atoms with Crippen molar-refractivity contribution in [3.05, 3.63) is 29.6 Å². The van der Waals surface area contributed by atoms with Crippen molar-refractivity contribution >= 4 is 9.84 Å². The van der Waals surface area contributed by atoms with Crippen LogP contribution < -0.4 is 5.73 Å². The molecular formula is C10H10FNO2S. The number of nitrogens with two attached hydrogens (primary N) is 1. The van der Waals surface area contributed by atoms with E-state index in [1.165, 1.54) is 18.2 Å². The molecule has 0 aromatic heterocycles. The molecule has 1 spiro atoms. The molecule has 1 heterocycles. The average molecular weight is 227 g/mol. The second-order valence-corrected chi connectivity index (χ2v) is 6.49. The molecule has 2 aliphatic rings. The van der Waals surface area contributed by atoms with Gasteiger partial charge in [0.2, 0.25) is 0 Å². The van der Waals surface area contributed by atoms with Crippen LogP contribution in [0.25, 0.3) is 0 Å². The summed E-state index contributed by atoms with van der Waals surface area (Å²) in [5, 5.41) is 0. The summed E-state index contributed by atoms with van der Waals surface area (Å²) in [7, 11) is -3.33. The number of hydrogen-bond donors (Lipinski definition) is 1. The van der Waals surface area contributed by atoms with Crippen molar-refractivity contribution < 1.29 is 12.8 Å². The van der Waals surface area contributed by atoms with Crippen LogP contribution in [-0.2, 0) is 9.84 Å². The van der Waals surface area contributed by atoms with Crippen molar-refractivity contribution in [1.29, 1.82) is 0 Å². The Balaban J connectivity index is 2.34. The van der Waals surface area contributed by atoms with E-state index in [0.29, 0.717) is 18.4 Å². The van der Waals surface area contributed by atoms with Gasteiger partial charge in [-0.3, -0.25) is 0 Å². The van der Waals surface area contributed by atoms with Crippen LogP contribution in [0.4, 0.5) is 4.39 Å². The van der Waals surface area contributed by atoms with Gasteiger partial charge < -0.3 is 5.73 Å². The number of fused-ring (bicyclic) bond motifs is 1. The van der Waals surface area contributed by atoms with E-state index in [9.17, 15) is 12.8 Å². The Kier molecular flexibility index (Phi) is 1.50. The predicted octanol–water partition coefficient (Wildman–Crippen LogP) is 1.15. The molecule has 3 rings (SSSR count). The first-order valence-electron chi connectivity index (χ1n) is 4.79. The molecule has 1 aromatic rings. The van der Waals surface area contributed by atoms with Crippen molar-refractivity contribution in [1.82, 2.24) is 0 Å². The number of hydrogen-bond acceptors (Lipinski definition) is 3. The second-order valence-electron chi connectivity index (χ2n) is 4.23. The van der Waals surface area contributed by atoms with E-state index in [1.807, 2.05) is 0 Å². The van der Waals surface area contributed by atoms with E-state index in [2.05, 4.69) is 0 Å². The number of sulfone groups is 1. The van der Waals surface area contributed by atoms with Gasteiger partial charge in [-0.05, 0) is 36.6 Å². The SMILES string of the molecule is NC1c2cc(F)ccc2S(=O)(=O)C12CC2. The van der Waals surface area contributed by atoms with Crippen molar-refractivity contribution in [2.24, 2.45) is 5.73 Å². The topological polar surface area (TPSA) is 60.2 Å². The summed E-state index contributed by atoms with van der Waals surface area (Å²) in [6.45, 7) is 0. The largest absolute Gasteiger partial charge is 0.323 e. The number of halogens is 1. The van der Waals surface area contributed by atoms with E-state index < -0.39 is 26.4 Å². The highest BCUT2D eigenvalue weighted by Gasteiger charge is 2.64. The van der Waals surface area contributed by atoms with Crippen LogP contribution in [-0.4, -0.2) is 13.2 Å². The first-order valence-corrected chi connectivity index (χ1v) is 6.27. The van der Waals surface area contributed by atoms with Crippen molar-refractivity contribution in [2.45, 2.75) is 28.5 Å². The third-order valence-electron chi connectivity index (χ3n) is 3.44. The lowest BCUT2D eigenvalue weighted by molar-refractivity contribution is 0.568. The summed E-state index contributed by atoms with van der Waals surface area (Å²) in [5.74, 6) is -0.433. The van der Waals surface area contributed by atoms with Crippen LogP contribution in [0.5, 0.6) is 0 Å². The van der Waals surface area contributed by atoms with Crippen molar-refractivity contribution in [3.8, 4) is 0 Å². The third kappa shape index (κ3) is 0.903. The monoisotopic (exact) mass is 227 g/mol. The molecule has 2 N–H and O–H groups in total. The minimum atomic E-state index is -3.33. The first kappa shape index (κ1) is 9.30. The van der Waals surface area contributed by atoms with Gasteiger partial charge in [0.1, 0.15) is 5.82 Å². The fourth-order valence-corrected chi connectivity index (χ4v) is 4.66. The Morgan fingerprint density at radius 3 is 2.67 bits per heavy atom. The summed E-state index contributed by atoms with van der Waals surface area (Å²) >= 11 is 0. The molecular weight excluding hydrogens is 217 g/mol. The highest BCUT2D eigenvalue weighted by Crippen LogP contribution is 2.59. The summed E-state index contributed by atoms with van der Waals surface area (Å²) in [6, 6.07) is 3.18. The predicted molar refractivity (Wildman–Crippen MR) is 52.5 cm³/mol. The molecule has 5 heteroatoms. The van der Waals surface area contributed by atoms with E-state index in [-0.39, 0.29) is 4.90 Å². The van der Waals surface area contributed by atoms with Crippen molar-refractivity contribution in [2.75, 3.05) is 0 Å². The highest BCUT2D eigenvalue weighted by molar-refractivity contribution is 7.93. The lowest BCUT2D eigenvalue weighted by Crippen LogP contribution is -2.28. The van der Waals surface area contributed by atoms with E-state index in [4.69, 9.17) is 5.73 Å². The Morgan fingerprint density at radius 1 is 1.40 bits per heavy atom. The molecule has 0 bridgehead atoms. The molecule has 1 aliphatic carbocycles. The van der Waals surface area contributed by atoms with Crippen molar-refractivity contribution in [3.63, 3.8) is 0 Å². The molecule has 1 fully saturated rings. The van der Waals surface area contributed by atoms with Gasteiger partial charge in [0.15, 0.2) is 9.84 Å². The Labute approximate surface area is 87.0 Å². The molecule has 1 unspecified atom stereocenters. The van der Waals surface area contributed by atoms with Gasteiger partial charge in [-0.15, -0.1) is 0 Å². The van der Waals surface area contributed by atoms with Crippen LogP contribution in [0.1, 0.15) is 24.4 Å². The van der Waals surface area contributed by atoms with Gasteiger partial charge in [0.25, 0.3) is 0 Å². The summed E-state index contributed by atoms with van der Waals surface area (Å²) in [5.41, 5.74) is 6.32. The standard InChI is InChI=1S/C10H10FNO2S/c11-6-1-2-8-7(5-6)9(12)10(3-4-10)15(8,13)14/h1-2,5,9H,3-4,12H2. The van der Waals surface area contributed by atoms with Gasteiger partial charge >= 0.3 is 0 Å². The fraction of sp³-hybridized carbons (Fsp3) is 0.400. The van der Waals surface area contributed by atoms with Gasteiger partial charge in [-0.2, -0.15) is 0 Å². The molecule has 0 amide bonds. The maximum Gasteiger partial charge on any atom is 0.186 e. The second kappa shape index (κ2) is 2.41. The molecule has 1 aromatic carbocycles. The van der Waals surface area contributed by atoms with Crippen LogP contribution in [0.2, 0.25) is 0 Å². The quantitative estimate of drug-likeness (QED) is 0.676.